The normalized spacial score (nSPS) is 12.6. The fourth-order valence-electron chi connectivity index (χ4n) is 2.06. The molecule has 0 aliphatic rings. The number of hydrogen-bond acceptors (Lipinski definition) is 4. The van der Waals surface area contributed by atoms with Crippen LogP contribution in [0, 0.1) is 6.92 Å². The average Bonchev–Trinajstić information content (AvgIpc) is 2.38. The zero-order chi connectivity index (χ0) is 17.1. The van der Waals surface area contributed by atoms with Crippen LogP contribution in [0.15, 0.2) is 12.1 Å². The van der Waals surface area contributed by atoms with Crippen molar-refractivity contribution < 1.29 is 24.2 Å². The lowest BCUT2D eigenvalue weighted by molar-refractivity contribution is -0.138. The summed E-state index contributed by atoms with van der Waals surface area (Å²) in [5.41, 5.74) is 2.04. The van der Waals surface area contributed by atoms with Gasteiger partial charge in [0, 0.05) is 5.56 Å². The molecule has 0 saturated carbocycles. The molecule has 1 unspecified atom stereocenters. The second-order valence-electron chi connectivity index (χ2n) is 6.31. The van der Waals surface area contributed by atoms with Gasteiger partial charge in [-0.05, 0) is 37.3 Å². The van der Waals surface area contributed by atoms with Gasteiger partial charge in [-0.25, -0.2) is 4.79 Å². The molecule has 0 bridgehead atoms. The third-order valence-corrected chi connectivity index (χ3v) is 3.45. The van der Waals surface area contributed by atoms with Crippen LogP contribution in [-0.2, 0) is 14.9 Å². The highest BCUT2D eigenvalue weighted by Crippen LogP contribution is 2.35. The Labute approximate surface area is 131 Å². The van der Waals surface area contributed by atoms with Gasteiger partial charge in [-0.3, -0.25) is 4.79 Å². The van der Waals surface area contributed by atoms with Crippen LogP contribution in [0.25, 0.3) is 0 Å². The lowest BCUT2D eigenvalue weighted by Crippen LogP contribution is -2.18. The maximum absolute atomic E-state index is 11.6. The number of rotatable bonds is 4. The van der Waals surface area contributed by atoms with Crippen LogP contribution in [0.1, 0.15) is 57.2 Å². The Bertz CT molecular complexity index is 569. The zero-order valence-corrected chi connectivity index (χ0v) is 14.0. The predicted molar refractivity (Wildman–Crippen MR) is 83.6 cm³/mol. The second kappa shape index (κ2) is 6.81. The number of carboxylic acid groups (broad SMARTS) is 1. The number of aliphatic carboxylic acids is 1. The molecule has 0 amide bonds. The number of benzene rings is 1. The van der Waals surface area contributed by atoms with Crippen molar-refractivity contribution in [3.63, 3.8) is 0 Å². The molecule has 0 heterocycles. The van der Waals surface area contributed by atoms with Crippen molar-refractivity contribution in [2.24, 2.45) is 0 Å². The summed E-state index contributed by atoms with van der Waals surface area (Å²) in [6.07, 6.45) is -0.826. The molecule has 0 aromatic heterocycles. The third-order valence-electron chi connectivity index (χ3n) is 3.45. The Kier molecular flexibility index (Phi) is 5.58. The number of aryl methyl sites for hydroxylation is 1. The Morgan fingerprint density at radius 1 is 1.27 bits per heavy atom. The quantitative estimate of drug-likeness (QED) is 0.672. The van der Waals surface area contributed by atoms with Gasteiger partial charge in [-0.15, -0.1) is 0 Å². The lowest BCUT2D eigenvalue weighted by Gasteiger charge is -2.24. The molecule has 1 atom stereocenters. The van der Waals surface area contributed by atoms with Gasteiger partial charge in [-0.2, -0.15) is 0 Å². The molecule has 5 nitrogen and oxygen atoms in total. The first-order valence-electron chi connectivity index (χ1n) is 7.30. The van der Waals surface area contributed by atoms with E-state index in [1.807, 2.05) is 26.8 Å². The standard InChI is InChI=1S/C17H24O5/c1-7-21-16(20)22-14-10(2)8-12(17(4,5)6)9-13(14)11(3)15(18)19/h8-9,11H,7H2,1-6H3,(H,18,19). The van der Waals surface area contributed by atoms with Gasteiger partial charge in [0.1, 0.15) is 5.75 Å². The van der Waals surface area contributed by atoms with E-state index in [4.69, 9.17) is 9.47 Å². The van der Waals surface area contributed by atoms with Crippen LogP contribution in [-0.4, -0.2) is 23.8 Å². The summed E-state index contributed by atoms with van der Waals surface area (Å²) < 4.78 is 10.0. The molecule has 0 aliphatic heterocycles. The molecule has 1 aromatic carbocycles. The van der Waals surface area contributed by atoms with E-state index in [9.17, 15) is 14.7 Å². The van der Waals surface area contributed by atoms with Crippen LogP contribution < -0.4 is 4.74 Å². The molecule has 0 aliphatic carbocycles. The molecular weight excluding hydrogens is 284 g/mol. The fraction of sp³-hybridized carbons (Fsp3) is 0.529. The SMILES string of the molecule is CCOC(=O)Oc1c(C)cc(C(C)(C)C)cc1C(C)C(=O)O. The number of hydrogen-bond donors (Lipinski definition) is 1. The van der Waals surface area contributed by atoms with Gasteiger partial charge in [0.25, 0.3) is 0 Å². The summed E-state index contributed by atoms with van der Waals surface area (Å²) in [6, 6.07) is 3.70. The van der Waals surface area contributed by atoms with E-state index in [0.29, 0.717) is 11.1 Å². The highest BCUT2D eigenvalue weighted by Gasteiger charge is 2.25. The smallest absolute Gasteiger partial charge is 0.481 e. The summed E-state index contributed by atoms with van der Waals surface area (Å²) in [5.74, 6) is -1.49. The van der Waals surface area contributed by atoms with E-state index in [1.54, 1.807) is 26.8 Å². The molecule has 0 spiro atoms. The van der Waals surface area contributed by atoms with Crippen molar-refractivity contribution in [1.29, 1.82) is 0 Å². The number of carbonyl (C=O) groups is 2. The molecule has 1 N–H and O–H groups in total. The first-order chi connectivity index (χ1) is 10.1. The van der Waals surface area contributed by atoms with Crippen LogP contribution in [0.2, 0.25) is 0 Å². The van der Waals surface area contributed by atoms with Crippen LogP contribution in [0.4, 0.5) is 4.79 Å². The van der Waals surface area contributed by atoms with Crippen molar-refractivity contribution in [2.45, 2.75) is 52.9 Å². The number of carbonyl (C=O) groups excluding carboxylic acids is 1. The van der Waals surface area contributed by atoms with Crippen LogP contribution in [0.3, 0.4) is 0 Å². The van der Waals surface area contributed by atoms with Crippen LogP contribution in [0.5, 0.6) is 5.75 Å². The number of carboxylic acids is 1. The van der Waals surface area contributed by atoms with Crippen molar-refractivity contribution in [2.75, 3.05) is 6.61 Å². The Hall–Kier alpha value is -2.04. The van der Waals surface area contributed by atoms with E-state index in [0.717, 1.165) is 5.56 Å². The summed E-state index contributed by atoms with van der Waals surface area (Å²) in [6.45, 7) is 11.4. The molecule has 0 fully saturated rings. The lowest BCUT2D eigenvalue weighted by atomic mass is 9.83. The maximum Gasteiger partial charge on any atom is 0.513 e. The summed E-state index contributed by atoms with van der Waals surface area (Å²) in [5, 5.41) is 9.31. The van der Waals surface area contributed by atoms with Gasteiger partial charge in [0.05, 0.1) is 12.5 Å². The minimum absolute atomic E-state index is 0.139. The van der Waals surface area contributed by atoms with Gasteiger partial charge in [0.15, 0.2) is 0 Å². The highest BCUT2D eigenvalue weighted by molar-refractivity contribution is 5.78. The monoisotopic (exact) mass is 308 g/mol. The van der Waals surface area contributed by atoms with E-state index < -0.39 is 18.0 Å². The minimum Gasteiger partial charge on any atom is -0.481 e. The van der Waals surface area contributed by atoms with Crippen molar-refractivity contribution >= 4 is 12.1 Å². The van der Waals surface area contributed by atoms with E-state index in [1.165, 1.54) is 0 Å². The first-order valence-corrected chi connectivity index (χ1v) is 7.30. The molecule has 122 valence electrons. The van der Waals surface area contributed by atoms with Gasteiger partial charge in [0.2, 0.25) is 0 Å². The van der Waals surface area contributed by atoms with E-state index in [-0.39, 0.29) is 17.8 Å². The van der Waals surface area contributed by atoms with E-state index in [2.05, 4.69) is 0 Å². The number of ether oxygens (including phenoxy) is 2. The molecule has 22 heavy (non-hydrogen) atoms. The highest BCUT2D eigenvalue weighted by atomic mass is 16.7. The second-order valence-corrected chi connectivity index (χ2v) is 6.31. The first kappa shape index (κ1) is 18.0. The molecule has 1 aromatic rings. The molecule has 0 radical (unpaired) electrons. The van der Waals surface area contributed by atoms with Crippen LogP contribution >= 0.6 is 0 Å². The average molecular weight is 308 g/mol. The predicted octanol–water partition coefficient (Wildman–Crippen LogP) is 4.02. The fourth-order valence-corrected chi connectivity index (χ4v) is 2.06. The minimum atomic E-state index is -0.973. The van der Waals surface area contributed by atoms with Crippen molar-refractivity contribution in [3.05, 3.63) is 28.8 Å². The molecular formula is C17H24O5. The Morgan fingerprint density at radius 3 is 2.32 bits per heavy atom. The summed E-state index contributed by atoms with van der Waals surface area (Å²) in [7, 11) is 0. The maximum atomic E-state index is 11.6. The third kappa shape index (κ3) is 4.23. The van der Waals surface area contributed by atoms with E-state index >= 15 is 0 Å². The van der Waals surface area contributed by atoms with Gasteiger partial charge < -0.3 is 14.6 Å². The largest absolute Gasteiger partial charge is 0.513 e. The van der Waals surface area contributed by atoms with Gasteiger partial charge in [-0.1, -0.05) is 32.9 Å². The van der Waals surface area contributed by atoms with Crippen molar-refractivity contribution in [3.8, 4) is 5.75 Å². The molecule has 0 saturated heterocycles. The molecule has 5 heteroatoms. The van der Waals surface area contributed by atoms with Gasteiger partial charge >= 0.3 is 12.1 Å². The zero-order valence-electron chi connectivity index (χ0n) is 14.0. The summed E-state index contributed by atoms with van der Waals surface area (Å²) >= 11 is 0. The van der Waals surface area contributed by atoms with Crippen molar-refractivity contribution in [1.82, 2.24) is 0 Å². The summed E-state index contributed by atoms with van der Waals surface area (Å²) in [4.78, 5) is 23.0. The Morgan fingerprint density at radius 2 is 1.86 bits per heavy atom. The Balaban J connectivity index is 3.41. The topological polar surface area (TPSA) is 72.8 Å². The molecule has 1 rings (SSSR count).